The molecule has 0 aliphatic rings. The molecule has 0 saturated carbocycles. The summed E-state index contributed by atoms with van der Waals surface area (Å²) in [6.07, 6.45) is 1.93. The third-order valence-corrected chi connectivity index (χ3v) is 2.90. The number of nitrogens with zero attached hydrogens (tertiary/aromatic N) is 3. The number of sulfonamides is 1. The number of hydrogen-bond donors (Lipinski definition) is 1. The van der Waals surface area contributed by atoms with Gasteiger partial charge in [-0.2, -0.15) is 5.10 Å². The van der Waals surface area contributed by atoms with Crippen molar-refractivity contribution in [1.82, 2.24) is 14.6 Å². The second-order valence-electron chi connectivity index (χ2n) is 3.09. The van der Waals surface area contributed by atoms with Crippen LogP contribution in [0.5, 0.6) is 0 Å². The van der Waals surface area contributed by atoms with Crippen LogP contribution in [-0.2, 0) is 16.4 Å². The summed E-state index contributed by atoms with van der Waals surface area (Å²) in [5.41, 5.74) is 1.25. The number of aryl methyl sites for hydroxylation is 1. The predicted molar refractivity (Wildman–Crippen MR) is 53.7 cm³/mol. The average Bonchev–Trinajstić information content (AvgIpc) is 2.59. The lowest BCUT2D eigenvalue weighted by atomic mass is 10.3. The van der Waals surface area contributed by atoms with Crippen LogP contribution in [0.3, 0.4) is 0 Å². The van der Waals surface area contributed by atoms with Gasteiger partial charge in [0.05, 0.1) is 11.9 Å². The van der Waals surface area contributed by atoms with E-state index in [0.29, 0.717) is 5.65 Å². The zero-order valence-electron chi connectivity index (χ0n) is 8.08. The van der Waals surface area contributed by atoms with E-state index in [4.69, 9.17) is 5.14 Å². The molecule has 0 aromatic carbocycles. The van der Waals surface area contributed by atoms with Crippen molar-refractivity contribution in [3.05, 3.63) is 24.0 Å². The van der Waals surface area contributed by atoms with Gasteiger partial charge in [-0.05, 0) is 18.6 Å². The van der Waals surface area contributed by atoms with E-state index in [1.165, 1.54) is 10.7 Å². The Labute approximate surface area is 86.8 Å². The molecule has 2 rings (SSSR count). The average molecular weight is 226 g/mol. The SMILES string of the molecule is CCc1ccc2ncc(S(N)(=O)=O)n2n1. The Kier molecular flexibility index (Phi) is 2.20. The van der Waals surface area contributed by atoms with Crippen LogP contribution in [-0.4, -0.2) is 23.0 Å². The van der Waals surface area contributed by atoms with E-state index in [2.05, 4.69) is 10.1 Å². The van der Waals surface area contributed by atoms with Crippen molar-refractivity contribution in [2.75, 3.05) is 0 Å². The van der Waals surface area contributed by atoms with Gasteiger partial charge in [-0.15, -0.1) is 0 Å². The summed E-state index contributed by atoms with van der Waals surface area (Å²) in [6.45, 7) is 1.93. The number of primary sulfonamides is 1. The molecule has 2 aromatic rings. The minimum atomic E-state index is -3.77. The Hall–Kier alpha value is -1.47. The Morgan fingerprint density at radius 1 is 1.47 bits per heavy atom. The molecule has 0 radical (unpaired) electrons. The molecule has 0 bridgehead atoms. The third kappa shape index (κ3) is 1.71. The minimum Gasteiger partial charge on any atom is -0.234 e. The monoisotopic (exact) mass is 226 g/mol. The first kappa shape index (κ1) is 10.1. The quantitative estimate of drug-likeness (QED) is 0.776. The van der Waals surface area contributed by atoms with Crippen LogP contribution < -0.4 is 5.14 Å². The summed E-state index contributed by atoms with van der Waals surface area (Å²) in [7, 11) is -3.77. The topological polar surface area (TPSA) is 90.3 Å². The molecule has 6 nitrogen and oxygen atoms in total. The molecule has 0 amide bonds. The van der Waals surface area contributed by atoms with E-state index in [-0.39, 0.29) is 5.03 Å². The summed E-state index contributed by atoms with van der Waals surface area (Å²) in [4.78, 5) is 3.90. The highest BCUT2D eigenvalue weighted by molar-refractivity contribution is 7.89. The maximum atomic E-state index is 11.2. The molecular weight excluding hydrogens is 216 g/mol. The fourth-order valence-corrected chi connectivity index (χ4v) is 1.85. The third-order valence-electron chi connectivity index (χ3n) is 2.04. The normalized spacial score (nSPS) is 12.1. The predicted octanol–water partition coefficient (Wildman–Crippen LogP) is -0.0609. The van der Waals surface area contributed by atoms with Gasteiger partial charge < -0.3 is 0 Å². The lowest BCUT2D eigenvalue weighted by Gasteiger charge is -2.00. The van der Waals surface area contributed by atoms with Crippen molar-refractivity contribution in [1.29, 1.82) is 0 Å². The smallest absolute Gasteiger partial charge is 0.234 e. The summed E-state index contributed by atoms with van der Waals surface area (Å²) < 4.78 is 23.6. The summed E-state index contributed by atoms with van der Waals surface area (Å²) in [5.74, 6) is 0. The Morgan fingerprint density at radius 3 is 2.80 bits per heavy atom. The number of nitrogens with two attached hydrogens (primary N) is 1. The highest BCUT2D eigenvalue weighted by Crippen LogP contribution is 2.09. The molecule has 0 saturated heterocycles. The van der Waals surface area contributed by atoms with E-state index in [9.17, 15) is 8.42 Å². The molecule has 80 valence electrons. The van der Waals surface area contributed by atoms with Crippen molar-refractivity contribution in [3.63, 3.8) is 0 Å². The second kappa shape index (κ2) is 3.28. The summed E-state index contributed by atoms with van der Waals surface area (Å²) in [5, 5.41) is 9.06. The van der Waals surface area contributed by atoms with Crippen LogP contribution in [0.25, 0.3) is 5.65 Å². The van der Waals surface area contributed by atoms with Crippen LogP contribution in [0.2, 0.25) is 0 Å². The Morgan fingerprint density at radius 2 is 2.20 bits per heavy atom. The van der Waals surface area contributed by atoms with Crippen molar-refractivity contribution in [2.45, 2.75) is 18.4 Å². The van der Waals surface area contributed by atoms with Crippen molar-refractivity contribution in [3.8, 4) is 0 Å². The van der Waals surface area contributed by atoms with E-state index in [0.717, 1.165) is 12.1 Å². The van der Waals surface area contributed by atoms with E-state index < -0.39 is 10.0 Å². The Balaban J connectivity index is 2.78. The minimum absolute atomic E-state index is 0.0900. The lowest BCUT2D eigenvalue weighted by Crippen LogP contribution is -2.15. The van der Waals surface area contributed by atoms with Crippen LogP contribution in [0, 0.1) is 0 Å². The van der Waals surface area contributed by atoms with Gasteiger partial charge in [0.1, 0.15) is 0 Å². The molecular formula is C8H10N4O2S. The molecule has 7 heteroatoms. The zero-order chi connectivity index (χ0) is 11.1. The van der Waals surface area contributed by atoms with Gasteiger partial charge in [-0.3, -0.25) is 0 Å². The molecule has 2 N–H and O–H groups in total. The number of rotatable bonds is 2. The maximum absolute atomic E-state index is 11.2. The van der Waals surface area contributed by atoms with Crippen molar-refractivity contribution in [2.24, 2.45) is 5.14 Å². The van der Waals surface area contributed by atoms with E-state index >= 15 is 0 Å². The van der Waals surface area contributed by atoms with Crippen LogP contribution in [0.15, 0.2) is 23.4 Å². The van der Waals surface area contributed by atoms with Gasteiger partial charge in [0.25, 0.3) is 10.0 Å². The molecule has 0 atom stereocenters. The molecule has 0 spiro atoms. The molecule has 0 unspecified atom stereocenters. The maximum Gasteiger partial charge on any atom is 0.257 e. The van der Waals surface area contributed by atoms with Crippen LogP contribution >= 0.6 is 0 Å². The first-order valence-electron chi connectivity index (χ1n) is 4.39. The Bertz CT molecular complexity index is 602. The number of fused-ring (bicyclic) bond motifs is 1. The van der Waals surface area contributed by atoms with Gasteiger partial charge >= 0.3 is 0 Å². The zero-order valence-corrected chi connectivity index (χ0v) is 8.90. The molecule has 0 aliphatic heterocycles. The molecule has 0 fully saturated rings. The van der Waals surface area contributed by atoms with Gasteiger partial charge in [0, 0.05) is 0 Å². The highest BCUT2D eigenvalue weighted by atomic mass is 32.2. The molecule has 2 aromatic heterocycles. The van der Waals surface area contributed by atoms with Crippen molar-refractivity contribution >= 4 is 15.7 Å². The van der Waals surface area contributed by atoms with Crippen LogP contribution in [0.1, 0.15) is 12.6 Å². The summed E-state index contributed by atoms with van der Waals surface area (Å²) >= 11 is 0. The standard InChI is InChI=1S/C8H10N4O2S/c1-2-6-3-4-7-10-5-8(12(7)11-6)15(9,13)14/h3-5H,2H2,1H3,(H2,9,13,14). The highest BCUT2D eigenvalue weighted by Gasteiger charge is 2.15. The van der Waals surface area contributed by atoms with Crippen LogP contribution in [0.4, 0.5) is 0 Å². The van der Waals surface area contributed by atoms with Gasteiger partial charge in [-0.25, -0.2) is 23.1 Å². The number of aromatic nitrogens is 3. The molecule has 0 aliphatic carbocycles. The fourth-order valence-electron chi connectivity index (χ4n) is 1.27. The summed E-state index contributed by atoms with van der Waals surface area (Å²) in [6, 6.07) is 3.51. The lowest BCUT2D eigenvalue weighted by molar-refractivity contribution is 0.589. The van der Waals surface area contributed by atoms with E-state index in [1.54, 1.807) is 12.1 Å². The first-order chi connectivity index (χ1) is 7.02. The second-order valence-corrected chi connectivity index (χ2v) is 4.60. The van der Waals surface area contributed by atoms with E-state index in [1.807, 2.05) is 6.92 Å². The van der Waals surface area contributed by atoms with Crippen molar-refractivity contribution < 1.29 is 8.42 Å². The number of imidazole rings is 1. The number of hydrogen-bond acceptors (Lipinski definition) is 4. The molecule has 2 heterocycles. The van der Waals surface area contributed by atoms with Gasteiger partial charge in [-0.1, -0.05) is 6.92 Å². The molecule has 15 heavy (non-hydrogen) atoms. The largest absolute Gasteiger partial charge is 0.257 e. The van der Waals surface area contributed by atoms with Gasteiger partial charge in [0.2, 0.25) is 0 Å². The first-order valence-corrected chi connectivity index (χ1v) is 5.93. The fraction of sp³-hybridized carbons (Fsp3) is 0.250. The van der Waals surface area contributed by atoms with Gasteiger partial charge in [0.15, 0.2) is 10.7 Å².